The Morgan fingerprint density at radius 2 is 1.50 bits per heavy atom. The lowest BCUT2D eigenvalue weighted by Gasteiger charge is -2.07. The average molecular weight is 367 g/mol. The summed E-state index contributed by atoms with van der Waals surface area (Å²) in [7, 11) is 0. The van der Waals surface area contributed by atoms with E-state index < -0.39 is 0 Å². The molecule has 5 heteroatoms. The summed E-state index contributed by atoms with van der Waals surface area (Å²) in [5.74, 6) is 1.22. The molecule has 1 amide bonds. The highest BCUT2D eigenvalue weighted by molar-refractivity contribution is 6.01. The van der Waals surface area contributed by atoms with Crippen molar-refractivity contribution in [3.05, 3.63) is 96.8 Å². The number of benzene rings is 3. The Labute approximate surface area is 162 Å². The second-order valence-electron chi connectivity index (χ2n) is 6.05. The zero-order chi connectivity index (χ0) is 19.2. The van der Waals surface area contributed by atoms with E-state index in [1.165, 1.54) is 6.08 Å². The highest BCUT2D eigenvalue weighted by Gasteiger charge is 2.01. The van der Waals surface area contributed by atoms with Crippen LogP contribution in [0.15, 0.2) is 91.1 Å². The normalized spacial score (nSPS) is 10.9. The van der Waals surface area contributed by atoms with Gasteiger partial charge in [-0.3, -0.25) is 9.78 Å². The van der Waals surface area contributed by atoms with Crippen molar-refractivity contribution in [1.82, 2.24) is 9.97 Å². The summed E-state index contributed by atoms with van der Waals surface area (Å²) in [6, 6.07) is 24.3. The topological polar surface area (TPSA) is 64.1 Å². The number of hydrogen-bond acceptors (Lipinski definition) is 4. The number of nitrogens with one attached hydrogen (secondary N) is 1. The molecule has 0 saturated heterocycles. The van der Waals surface area contributed by atoms with E-state index in [9.17, 15) is 4.79 Å². The van der Waals surface area contributed by atoms with E-state index in [1.54, 1.807) is 36.5 Å². The molecule has 1 N–H and O–H groups in total. The summed E-state index contributed by atoms with van der Waals surface area (Å²) in [6.07, 6.45) is 4.72. The molecule has 0 saturated carbocycles. The van der Waals surface area contributed by atoms with Crippen LogP contribution in [0.4, 0.5) is 5.69 Å². The summed E-state index contributed by atoms with van der Waals surface area (Å²) in [6.45, 7) is 0. The minimum atomic E-state index is -0.244. The van der Waals surface area contributed by atoms with Crippen molar-refractivity contribution >= 4 is 28.7 Å². The Bertz CT molecular complexity index is 1120. The van der Waals surface area contributed by atoms with Crippen molar-refractivity contribution in [2.24, 2.45) is 0 Å². The number of para-hydroxylation sites is 3. The largest absolute Gasteiger partial charge is 0.457 e. The number of anilines is 1. The Balaban J connectivity index is 1.38. The summed E-state index contributed by atoms with van der Waals surface area (Å²) >= 11 is 0. The average Bonchev–Trinajstić information content (AvgIpc) is 2.74. The molecule has 136 valence electrons. The number of fused-ring (bicyclic) bond motifs is 1. The van der Waals surface area contributed by atoms with Gasteiger partial charge in [-0.25, -0.2) is 4.98 Å². The first-order chi connectivity index (χ1) is 13.8. The number of nitrogens with zero attached hydrogens (tertiary/aromatic N) is 2. The number of carbonyl (C=O) groups excluding carboxylic acids is 1. The molecule has 0 bridgehead atoms. The number of amides is 1. The zero-order valence-corrected chi connectivity index (χ0v) is 14.9. The van der Waals surface area contributed by atoms with E-state index >= 15 is 0 Å². The van der Waals surface area contributed by atoms with E-state index in [1.807, 2.05) is 54.6 Å². The summed E-state index contributed by atoms with van der Waals surface area (Å²) in [5.41, 5.74) is 2.92. The molecule has 0 radical (unpaired) electrons. The Morgan fingerprint density at radius 1 is 0.821 bits per heavy atom. The van der Waals surface area contributed by atoms with E-state index in [0.717, 1.165) is 16.8 Å². The van der Waals surface area contributed by atoms with E-state index in [-0.39, 0.29) is 5.91 Å². The lowest BCUT2D eigenvalue weighted by Crippen LogP contribution is -2.07. The number of rotatable bonds is 5. The van der Waals surface area contributed by atoms with Gasteiger partial charge in [0.15, 0.2) is 0 Å². The van der Waals surface area contributed by atoms with Crippen LogP contribution < -0.4 is 10.1 Å². The van der Waals surface area contributed by atoms with Crippen molar-refractivity contribution in [3.8, 4) is 11.5 Å². The van der Waals surface area contributed by atoms with Crippen molar-refractivity contribution in [3.63, 3.8) is 0 Å². The van der Waals surface area contributed by atoms with Crippen molar-refractivity contribution in [1.29, 1.82) is 0 Å². The third-order valence-corrected chi connectivity index (χ3v) is 3.97. The lowest BCUT2D eigenvalue weighted by atomic mass is 10.2. The van der Waals surface area contributed by atoms with Gasteiger partial charge in [0.1, 0.15) is 11.5 Å². The van der Waals surface area contributed by atoms with Crippen LogP contribution in [0.25, 0.3) is 17.1 Å². The van der Waals surface area contributed by atoms with Gasteiger partial charge in [0.25, 0.3) is 0 Å². The molecule has 1 heterocycles. The predicted molar refractivity (Wildman–Crippen MR) is 110 cm³/mol. The van der Waals surface area contributed by atoms with Crippen molar-refractivity contribution in [2.45, 2.75) is 0 Å². The SMILES string of the molecule is O=C(C=Cc1cnc2ccccc2n1)Nc1ccc(Oc2ccccc2)cc1. The molecule has 0 atom stereocenters. The summed E-state index contributed by atoms with van der Waals surface area (Å²) in [5, 5.41) is 2.81. The van der Waals surface area contributed by atoms with Gasteiger partial charge in [0.05, 0.1) is 22.9 Å². The summed E-state index contributed by atoms with van der Waals surface area (Å²) < 4.78 is 5.74. The van der Waals surface area contributed by atoms with Gasteiger partial charge in [-0.1, -0.05) is 30.3 Å². The number of ether oxygens (including phenoxy) is 1. The molecule has 1 aromatic heterocycles. The molecule has 0 fully saturated rings. The molecule has 28 heavy (non-hydrogen) atoms. The molecular formula is C23H17N3O2. The maximum Gasteiger partial charge on any atom is 0.248 e. The Hall–Kier alpha value is -3.99. The third kappa shape index (κ3) is 4.40. The zero-order valence-electron chi connectivity index (χ0n) is 14.9. The first-order valence-corrected chi connectivity index (χ1v) is 8.80. The van der Waals surface area contributed by atoms with Crippen LogP contribution in [0.3, 0.4) is 0 Å². The van der Waals surface area contributed by atoms with E-state index in [4.69, 9.17) is 4.74 Å². The fourth-order valence-corrected chi connectivity index (χ4v) is 2.63. The van der Waals surface area contributed by atoms with Gasteiger partial charge in [0.2, 0.25) is 5.91 Å². The fourth-order valence-electron chi connectivity index (χ4n) is 2.63. The number of aromatic nitrogens is 2. The van der Waals surface area contributed by atoms with Gasteiger partial charge < -0.3 is 10.1 Å². The third-order valence-electron chi connectivity index (χ3n) is 3.97. The predicted octanol–water partition coefficient (Wildman–Crippen LogP) is 5.07. The molecule has 4 rings (SSSR count). The highest BCUT2D eigenvalue weighted by Crippen LogP contribution is 2.22. The minimum Gasteiger partial charge on any atom is -0.457 e. The van der Waals surface area contributed by atoms with Crippen LogP contribution >= 0.6 is 0 Å². The van der Waals surface area contributed by atoms with Crippen LogP contribution in [0, 0.1) is 0 Å². The fraction of sp³-hybridized carbons (Fsp3) is 0. The second-order valence-corrected chi connectivity index (χ2v) is 6.05. The second kappa shape index (κ2) is 8.14. The van der Waals surface area contributed by atoms with Gasteiger partial charge >= 0.3 is 0 Å². The van der Waals surface area contributed by atoms with Crippen LogP contribution in [0.2, 0.25) is 0 Å². The van der Waals surface area contributed by atoms with Crippen LogP contribution in [0.5, 0.6) is 11.5 Å². The molecular weight excluding hydrogens is 350 g/mol. The van der Waals surface area contributed by atoms with Gasteiger partial charge in [-0.05, 0) is 54.6 Å². The molecule has 0 aliphatic rings. The van der Waals surface area contributed by atoms with Crippen molar-refractivity contribution in [2.75, 3.05) is 5.32 Å². The van der Waals surface area contributed by atoms with Crippen LogP contribution in [-0.2, 0) is 4.79 Å². The Morgan fingerprint density at radius 3 is 2.29 bits per heavy atom. The maximum absolute atomic E-state index is 12.1. The Kier molecular flexibility index (Phi) is 5.06. The van der Waals surface area contributed by atoms with E-state index in [2.05, 4.69) is 15.3 Å². The summed E-state index contributed by atoms with van der Waals surface area (Å²) in [4.78, 5) is 20.9. The number of hydrogen-bond donors (Lipinski definition) is 1. The molecule has 0 unspecified atom stereocenters. The molecule has 3 aromatic carbocycles. The smallest absolute Gasteiger partial charge is 0.248 e. The first kappa shape index (κ1) is 17.4. The monoisotopic (exact) mass is 367 g/mol. The quantitative estimate of drug-likeness (QED) is 0.500. The molecule has 0 aliphatic heterocycles. The standard InChI is InChI=1S/C23H17N3O2/c27-23(15-12-18-16-24-21-8-4-5-9-22(21)25-18)26-17-10-13-20(14-11-17)28-19-6-2-1-3-7-19/h1-16H,(H,26,27). The van der Waals surface area contributed by atoms with Gasteiger partial charge in [-0.2, -0.15) is 0 Å². The first-order valence-electron chi connectivity index (χ1n) is 8.80. The highest BCUT2D eigenvalue weighted by atomic mass is 16.5. The minimum absolute atomic E-state index is 0.244. The lowest BCUT2D eigenvalue weighted by molar-refractivity contribution is -0.111. The van der Waals surface area contributed by atoms with E-state index in [0.29, 0.717) is 17.1 Å². The molecule has 0 aliphatic carbocycles. The van der Waals surface area contributed by atoms with Gasteiger partial charge in [-0.15, -0.1) is 0 Å². The van der Waals surface area contributed by atoms with Crippen LogP contribution in [-0.4, -0.2) is 15.9 Å². The van der Waals surface area contributed by atoms with Gasteiger partial charge in [0, 0.05) is 11.8 Å². The molecule has 0 spiro atoms. The maximum atomic E-state index is 12.1. The molecule has 5 nitrogen and oxygen atoms in total. The number of carbonyl (C=O) groups is 1. The van der Waals surface area contributed by atoms with Crippen molar-refractivity contribution < 1.29 is 9.53 Å². The van der Waals surface area contributed by atoms with Crippen LogP contribution in [0.1, 0.15) is 5.69 Å². The molecule has 4 aromatic rings.